The number of nitrogens with zero attached hydrogens (tertiary/aromatic N) is 1. The van der Waals surface area contributed by atoms with Crippen molar-refractivity contribution < 1.29 is 18.3 Å². The Labute approximate surface area is 91.1 Å². The van der Waals surface area contributed by atoms with Crippen molar-refractivity contribution in [2.24, 2.45) is 0 Å². The first-order valence-electron chi connectivity index (χ1n) is 4.47. The summed E-state index contributed by atoms with van der Waals surface area (Å²) in [6.07, 6.45) is -2.38. The molecule has 1 heterocycles. The minimum absolute atomic E-state index is 0.239. The van der Waals surface area contributed by atoms with E-state index in [9.17, 15) is 18.3 Å². The molecule has 1 N–H and O–H groups in total. The Morgan fingerprint density at radius 1 is 1.31 bits per heavy atom. The van der Waals surface area contributed by atoms with Crippen LogP contribution >= 0.6 is 0 Å². The molecular formula is C11H10F3NO. The molecule has 0 radical (unpaired) electrons. The second-order valence-corrected chi connectivity index (χ2v) is 3.73. The number of alkyl halides is 3. The molecule has 1 aromatic rings. The van der Waals surface area contributed by atoms with Crippen LogP contribution in [0.4, 0.5) is 13.2 Å². The lowest BCUT2D eigenvalue weighted by molar-refractivity contribution is -0.137. The van der Waals surface area contributed by atoms with Crippen molar-refractivity contribution in [3.05, 3.63) is 29.6 Å². The minimum atomic E-state index is -4.47. The van der Waals surface area contributed by atoms with E-state index in [1.165, 1.54) is 13.8 Å². The fourth-order valence-corrected chi connectivity index (χ4v) is 0.962. The standard InChI is InChI=1S/C11H10F3NO/c1-10(2,16)5-3-8-7-15-6-4-9(8)11(12,13)14/h4,6-7,16H,1-2H3. The zero-order valence-corrected chi connectivity index (χ0v) is 8.76. The molecule has 0 aromatic carbocycles. The third-order valence-electron chi connectivity index (χ3n) is 1.63. The molecule has 5 heteroatoms. The van der Waals surface area contributed by atoms with Gasteiger partial charge in [0.2, 0.25) is 0 Å². The maximum Gasteiger partial charge on any atom is 0.417 e. The number of pyridine rings is 1. The lowest BCUT2D eigenvalue weighted by Gasteiger charge is -2.09. The first-order valence-corrected chi connectivity index (χ1v) is 4.47. The van der Waals surface area contributed by atoms with Gasteiger partial charge in [0.1, 0.15) is 5.60 Å². The van der Waals surface area contributed by atoms with Crippen LogP contribution in [0, 0.1) is 11.8 Å². The summed E-state index contributed by atoms with van der Waals surface area (Å²) in [5.74, 6) is 4.59. The summed E-state index contributed by atoms with van der Waals surface area (Å²) in [5.41, 5.74) is -2.42. The highest BCUT2D eigenvalue weighted by molar-refractivity contribution is 5.41. The number of aromatic nitrogens is 1. The molecule has 1 aromatic heterocycles. The van der Waals surface area contributed by atoms with Gasteiger partial charge in [0.05, 0.1) is 11.1 Å². The van der Waals surface area contributed by atoms with Crippen LogP contribution in [0.1, 0.15) is 25.0 Å². The van der Waals surface area contributed by atoms with E-state index in [0.29, 0.717) is 0 Å². The summed E-state index contributed by atoms with van der Waals surface area (Å²) in [7, 11) is 0. The van der Waals surface area contributed by atoms with E-state index in [2.05, 4.69) is 16.8 Å². The molecule has 16 heavy (non-hydrogen) atoms. The first-order chi connectivity index (χ1) is 7.20. The smallest absolute Gasteiger partial charge is 0.378 e. The summed E-state index contributed by atoms with van der Waals surface area (Å²) in [6.45, 7) is 2.78. The summed E-state index contributed by atoms with van der Waals surface area (Å²) < 4.78 is 37.5. The molecule has 0 spiro atoms. The summed E-state index contributed by atoms with van der Waals surface area (Å²) in [6, 6.07) is 0.856. The van der Waals surface area contributed by atoms with E-state index in [0.717, 1.165) is 18.5 Å². The number of hydrogen-bond donors (Lipinski definition) is 1. The second kappa shape index (κ2) is 4.14. The van der Waals surface area contributed by atoms with Crippen LogP contribution in [0.3, 0.4) is 0 Å². The predicted molar refractivity (Wildman–Crippen MR) is 52.4 cm³/mol. The molecule has 0 saturated heterocycles. The summed E-state index contributed by atoms with van der Waals surface area (Å²) >= 11 is 0. The normalized spacial score (nSPS) is 11.9. The van der Waals surface area contributed by atoms with E-state index < -0.39 is 17.3 Å². The molecule has 0 aliphatic heterocycles. The highest BCUT2D eigenvalue weighted by Gasteiger charge is 2.32. The molecule has 0 atom stereocenters. The van der Waals surface area contributed by atoms with E-state index in [1.807, 2.05) is 0 Å². The Morgan fingerprint density at radius 2 is 1.94 bits per heavy atom. The van der Waals surface area contributed by atoms with Gasteiger partial charge in [0.15, 0.2) is 0 Å². The third-order valence-corrected chi connectivity index (χ3v) is 1.63. The number of aliphatic hydroxyl groups is 1. The molecular weight excluding hydrogens is 219 g/mol. The van der Waals surface area contributed by atoms with E-state index >= 15 is 0 Å². The highest BCUT2D eigenvalue weighted by atomic mass is 19.4. The van der Waals surface area contributed by atoms with Gasteiger partial charge in [-0.05, 0) is 19.9 Å². The fraction of sp³-hybridized carbons (Fsp3) is 0.364. The Kier molecular flexibility index (Phi) is 3.24. The SMILES string of the molecule is CC(C)(O)C#Cc1cnccc1C(F)(F)F. The Morgan fingerprint density at radius 3 is 2.44 bits per heavy atom. The Hall–Kier alpha value is -1.54. The van der Waals surface area contributed by atoms with Gasteiger partial charge < -0.3 is 5.11 Å². The summed E-state index contributed by atoms with van der Waals surface area (Å²) in [4.78, 5) is 3.58. The summed E-state index contributed by atoms with van der Waals surface area (Å²) in [5, 5.41) is 9.30. The van der Waals surface area contributed by atoms with E-state index in [1.54, 1.807) is 0 Å². The third kappa shape index (κ3) is 3.55. The van der Waals surface area contributed by atoms with Crippen LogP contribution in [-0.2, 0) is 6.18 Å². The van der Waals surface area contributed by atoms with Gasteiger partial charge in [-0.2, -0.15) is 13.2 Å². The van der Waals surface area contributed by atoms with Crippen molar-refractivity contribution in [3.8, 4) is 11.8 Å². The topological polar surface area (TPSA) is 33.1 Å². The zero-order chi connectivity index (χ0) is 12.4. The quantitative estimate of drug-likeness (QED) is 0.692. The second-order valence-electron chi connectivity index (χ2n) is 3.73. The van der Waals surface area contributed by atoms with E-state index in [-0.39, 0.29) is 5.56 Å². The zero-order valence-electron chi connectivity index (χ0n) is 8.76. The van der Waals surface area contributed by atoms with Gasteiger partial charge in [-0.3, -0.25) is 4.98 Å². The molecule has 0 aliphatic rings. The maximum atomic E-state index is 12.5. The molecule has 0 bridgehead atoms. The van der Waals surface area contributed by atoms with Crippen LogP contribution in [0.25, 0.3) is 0 Å². The molecule has 0 fully saturated rings. The number of hydrogen-bond acceptors (Lipinski definition) is 2. The maximum absolute atomic E-state index is 12.5. The van der Waals surface area contributed by atoms with Crippen LogP contribution < -0.4 is 0 Å². The minimum Gasteiger partial charge on any atom is -0.378 e. The van der Waals surface area contributed by atoms with Crippen molar-refractivity contribution in [1.82, 2.24) is 4.98 Å². The van der Waals surface area contributed by atoms with Crippen LogP contribution in [0.2, 0.25) is 0 Å². The number of rotatable bonds is 0. The van der Waals surface area contributed by atoms with Crippen LogP contribution in [0.5, 0.6) is 0 Å². The van der Waals surface area contributed by atoms with Crippen molar-refractivity contribution in [3.63, 3.8) is 0 Å². The molecule has 1 rings (SSSR count). The predicted octanol–water partition coefficient (Wildman–Crippen LogP) is 2.22. The lowest BCUT2D eigenvalue weighted by Crippen LogP contribution is -2.15. The van der Waals surface area contributed by atoms with Crippen molar-refractivity contribution in [2.75, 3.05) is 0 Å². The van der Waals surface area contributed by atoms with Crippen molar-refractivity contribution in [2.45, 2.75) is 25.6 Å². The lowest BCUT2D eigenvalue weighted by atomic mass is 10.1. The van der Waals surface area contributed by atoms with Gasteiger partial charge in [-0.1, -0.05) is 11.8 Å². The van der Waals surface area contributed by atoms with Gasteiger partial charge in [0.25, 0.3) is 0 Å². The van der Waals surface area contributed by atoms with E-state index in [4.69, 9.17) is 0 Å². The van der Waals surface area contributed by atoms with Crippen LogP contribution in [-0.4, -0.2) is 15.7 Å². The Balaban J connectivity index is 3.19. The molecule has 0 amide bonds. The molecule has 0 aliphatic carbocycles. The van der Waals surface area contributed by atoms with Gasteiger partial charge in [0, 0.05) is 12.4 Å². The highest BCUT2D eigenvalue weighted by Crippen LogP contribution is 2.30. The average molecular weight is 229 g/mol. The molecule has 2 nitrogen and oxygen atoms in total. The number of halogens is 3. The van der Waals surface area contributed by atoms with Gasteiger partial charge in [-0.15, -0.1) is 0 Å². The fourth-order valence-electron chi connectivity index (χ4n) is 0.962. The largest absolute Gasteiger partial charge is 0.417 e. The molecule has 0 unspecified atom stereocenters. The Bertz CT molecular complexity index is 435. The van der Waals surface area contributed by atoms with Crippen LogP contribution in [0.15, 0.2) is 18.5 Å². The van der Waals surface area contributed by atoms with Crippen molar-refractivity contribution >= 4 is 0 Å². The average Bonchev–Trinajstić information content (AvgIpc) is 2.12. The van der Waals surface area contributed by atoms with Gasteiger partial charge >= 0.3 is 6.18 Å². The molecule has 0 saturated carbocycles. The van der Waals surface area contributed by atoms with Gasteiger partial charge in [-0.25, -0.2) is 0 Å². The molecule has 86 valence electrons. The monoisotopic (exact) mass is 229 g/mol. The first kappa shape index (κ1) is 12.5. The van der Waals surface area contributed by atoms with Crippen molar-refractivity contribution in [1.29, 1.82) is 0 Å².